The topological polar surface area (TPSA) is 61.8 Å². The van der Waals surface area contributed by atoms with E-state index in [2.05, 4.69) is 29.0 Å². The van der Waals surface area contributed by atoms with Crippen molar-refractivity contribution in [3.63, 3.8) is 0 Å². The van der Waals surface area contributed by atoms with Crippen LogP contribution in [0.25, 0.3) is 0 Å². The van der Waals surface area contributed by atoms with Crippen LogP contribution in [0.3, 0.4) is 0 Å². The van der Waals surface area contributed by atoms with Gasteiger partial charge >= 0.3 is 0 Å². The molecule has 0 saturated carbocycles. The smallest absolute Gasteiger partial charge is 0.153 e. The Kier molecular flexibility index (Phi) is 3.22. The van der Waals surface area contributed by atoms with E-state index in [1.54, 1.807) is 0 Å². The number of H-pyrrole nitrogens is 1. The normalized spacial score (nSPS) is 11.0. The van der Waals surface area contributed by atoms with Gasteiger partial charge in [0, 0.05) is 18.9 Å². The predicted molar refractivity (Wildman–Crippen MR) is 45.9 cm³/mol. The Morgan fingerprint density at radius 3 is 2.75 bits per heavy atom. The maximum absolute atomic E-state index is 8.58. The summed E-state index contributed by atoms with van der Waals surface area (Å²) in [6.07, 6.45) is 1.52. The maximum atomic E-state index is 8.58. The molecule has 0 radical (unpaired) electrons. The van der Waals surface area contributed by atoms with Crippen LogP contribution in [-0.4, -0.2) is 26.9 Å². The molecule has 0 atom stereocenters. The SMILES string of the molecule is CC(C)c1n[nH]c(CCCO)n1. The first kappa shape index (κ1) is 9.19. The number of aliphatic hydroxyl groups is 1. The molecule has 1 aromatic rings. The van der Waals surface area contributed by atoms with Gasteiger partial charge in [-0.05, 0) is 6.42 Å². The average molecular weight is 169 g/mol. The molecular weight excluding hydrogens is 154 g/mol. The molecular formula is C8H15N3O. The van der Waals surface area contributed by atoms with Crippen LogP contribution in [0.4, 0.5) is 0 Å². The fourth-order valence-corrected chi connectivity index (χ4v) is 0.927. The van der Waals surface area contributed by atoms with E-state index in [-0.39, 0.29) is 6.61 Å². The zero-order valence-electron chi connectivity index (χ0n) is 7.54. The van der Waals surface area contributed by atoms with Gasteiger partial charge in [-0.25, -0.2) is 4.98 Å². The van der Waals surface area contributed by atoms with Crippen molar-refractivity contribution in [2.24, 2.45) is 0 Å². The Bertz CT molecular complexity index is 232. The van der Waals surface area contributed by atoms with E-state index < -0.39 is 0 Å². The number of hydrogen-bond donors (Lipinski definition) is 2. The van der Waals surface area contributed by atoms with Gasteiger partial charge in [-0.2, -0.15) is 5.10 Å². The van der Waals surface area contributed by atoms with E-state index in [0.29, 0.717) is 5.92 Å². The van der Waals surface area contributed by atoms with Gasteiger partial charge in [0.05, 0.1) is 0 Å². The van der Waals surface area contributed by atoms with Gasteiger partial charge in [0.25, 0.3) is 0 Å². The van der Waals surface area contributed by atoms with Crippen LogP contribution in [0.5, 0.6) is 0 Å². The highest BCUT2D eigenvalue weighted by Gasteiger charge is 2.05. The Balaban J connectivity index is 2.52. The van der Waals surface area contributed by atoms with Gasteiger partial charge in [-0.15, -0.1) is 0 Å². The zero-order valence-corrected chi connectivity index (χ0v) is 7.54. The number of nitrogens with one attached hydrogen (secondary N) is 1. The molecule has 0 aliphatic carbocycles. The Hall–Kier alpha value is -0.900. The van der Waals surface area contributed by atoms with Crippen LogP contribution < -0.4 is 0 Å². The van der Waals surface area contributed by atoms with Crippen LogP contribution in [0.1, 0.15) is 37.8 Å². The van der Waals surface area contributed by atoms with E-state index >= 15 is 0 Å². The highest BCUT2D eigenvalue weighted by Crippen LogP contribution is 2.07. The lowest BCUT2D eigenvalue weighted by molar-refractivity contribution is 0.287. The second-order valence-electron chi connectivity index (χ2n) is 3.12. The molecule has 0 saturated heterocycles. The number of aromatic nitrogens is 3. The molecule has 0 unspecified atom stereocenters. The van der Waals surface area contributed by atoms with Crippen molar-refractivity contribution in [3.8, 4) is 0 Å². The van der Waals surface area contributed by atoms with Gasteiger partial charge in [0.1, 0.15) is 5.82 Å². The third kappa shape index (κ3) is 2.30. The van der Waals surface area contributed by atoms with E-state index in [4.69, 9.17) is 5.11 Å². The highest BCUT2D eigenvalue weighted by molar-refractivity contribution is 4.94. The minimum absolute atomic E-state index is 0.206. The zero-order chi connectivity index (χ0) is 8.97. The van der Waals surface area contributed by atoms with E-state index in [0.717, 1.165) is 24.5 Å². The largest absolute Gasteiger partial charge is 0.396 e. The molecule has 0 aliphatic rings. The number of aromatic amines is 1. The molecule has 0 bridgehead atoms. The molecule has 0 spiro atoms. The lowest BCUT2D eigenvalue weighted by Gasteiger charge is -1.94. The van der Waals surface area contributed by atoms with Crippen molar-refractivity contribution in [2.45, 2.75) is 32.6 Å². The molecule has 1 heterocycles. The lowest BCUT2D eigenvalue weighted by atomic mass is 10.2. The summed E-state index contributed by atoms with van der Waals surface area (Å²) in [4.78, 5) is 4.27. The Morgan fingerprint density at radius 1 is 1.50 bits per heavy atom. The van der Waals surface area contributed by atoms with Gasteiger partial charge in [0.2, 0.25) is 0 Å². The summed E-state index contributed by atoms with van der Waals surface area (Å²) < 4.78 is 0. The third-order valence-electron chi connectivity index (χ3n) is 1.64. The monoisotopic (exact) mass is 169 g/mol. The molecule has 0 amide bonds. The fourth-order valence-electron chi connectivity index (χ4n) is 0.927. The first-order chi connectivity index (χ1) is 5.74. The summed E-state index contributed by atoms with van der Waals surface area (Å²) in [5.74, 6) is 2.08. The molecule has 1 rings (SSSR count). The van der Waals surface area contributed by atoms with Gasteiger partial charge in [-0.3, -0.25) is 5.10 Å². The summed E-state index contributed by atoms with van der Waals surface area (Å²) in [6.45, 7) is 4.32. The minimum atomic E-state index is 0.206. The number of aryl methyl sites for hydroxylation is 1. The molecule has 68 valence electrons. The van der Waals surface area contributed by atoms with Crippen molar-refractivity contribution in [1.82, 2.24) is 15.2 Å². The second kappa shape index (κ2) is 4.21. The van der Waals surface area contributed by atoms with Crippen LogP contribution in [0, 0.1) is 0 Å². The van der Waals surface area contributed by atoms with E-state index in [1.807, 2.05) is 0 Å². The summed E-state index contributed by atoms with van der Waals surface area (Å²) in [6, 6.07) is 0. The van der Waals surface area contributed by atoms with Gasteiger partial charge in [0.15, 0.2) is 5.82 Å². The third-order valence-corrected chi connectivity index (χ3v) is 1.64. The predicted octanol–water partition coefficient (Wildman–Crippen LogP) is 0.853. The molecule has 0 aromatic carbocycles. The molecule has 1 aromatic heterocycles. The summed E-state index contributed by atoms with van der Waals surface area (Å²) in [7, 11) is 0. The fraction of sp³-hybridized carbons (Fsp3) is 0.750. The molecule has 0 aliphatic heterocycles. The number of aliphatic hydroxyl groups excluding tert-OH is 1. The van der Waals surface area contributed by atoms with E-state index in [1.165, 1.54) is 0 Å². The molecule has 4 heteroatoms. The maximum Gasteiger partial charge on any atom is 0.153 e. The van der Waals surface area contributed by atoms with Crippen molar-refractivity contribution >= 4 is 0 Å². The van der Waals surface area contributed by atoms with Crippen LogP contribution in [0.15, 0.2) is 0 Å². The van der Waals surface area contributed by atoms with Crippen molar-refractivity contribution in [1.29, 1.82) is 0 Å². The summed E-state index contributed by atoms with van der Waals surface area (Å²) in [5, 5.41) is 15.5. The Morgan fingerprint density at radius 2 is 2.25 bits per heavy atom. The number of rotatable bonds is 4. The lowest BCUT2D eigenvalue weighted by Crippen LogP contribution is -1.93. The number of nitrogens with zero attached hydrogens (tertiary/aromatic N) is 2. The average Bonchev–Trinajstić information content (AvgIpc) is 2.48. The number of hydrogen-bond acceptors (Lipinski definition) is 3. The van der Waals surface area contributed by atoms with Crippen molar-refractivity contribution in [3.05, 3.63) is 11.6 Å². The van der Waals surface area contributed by atoms with Gasteiger partial charge in [-0.1, -0.05) is 13.8 Å². The van der Waals surface area contributed by atoms with Crippen LogP contribution in [-0.2, 0) is 6.42 Å². The van der Waals surface area contributed by atoms with Crippen LogP contribution >= 0.6 is 0 Å². The van der Waals surface area contributed by atoms with Gasteiger partial charge < -0.3 is 5.11 Å². The molecule has 12 heavy (non-hydrogen) atoms. The molecule has 0 fully saturated rings. The minimum Gasteiger partial charge on any atom is -0.396 e. The first-order valence-corrected chi connectivity index (χ1v) is 4.26. The second-order valence-corrected chi connectivity index (χ2v) is 3.12. The highest BCUT2D eigenvalue weighted by atomic mass is 16.2. The quantitative estimate of drug-likeness (QED) is 0.702. The molecule has 4 nitrogen and oxygen atoms in total. The standard InChI is InChI=1S/C8H15N3O/c1-6(2)8-9-7(10-11-8)4-3-5-12/h6,12H,3-5H2,1-2H3,(H,9,10,11). The summed E-state index contributed by atoms with van der Waals surface area (Å²) in [5.41, 5.74) is 0. The van der Waals surface area contributed by atoms with Crippen molar-refractivity contribution in [2.75, 3.05) is 6.61 Å². The van der Waals surface area contributed by atoms with Crippen LogP contribution in [0.2, 0.25) is 0 Å². The molecule has 2 N–H and O–H groups in total. The first-order valence-electron chi connectivity index (χ1n) is 4.26. The Labute approximate surface area is 72.0 Å². The summed E-state index contributed by atoms with van der Waals surface area (Å²) >= 11 is 0. The van der Waals surface area contributed by atoms with Crippen molar-refractivity contribution < 1.29 is 5.11 Å². The van der Waals surface area contributed by atoms with E-state index in [9.17, 15) is 0 Å².